The van der Waals surface area contributed by atoms with E-state index in [0.29, 0.717) is 16.9 Å². The first-order chi connectivity index (χ1) is 11.9. The molecule has 1 aromatic rings. The van der Waals surface area contributed by atoms with Crippen LogP contribution in [0, 0.1) is 5.41 Å². The van der Waals surface area contributed by atoms with Crippen LogP contribution in [-0.2, 0) is 16.4 Å². The van der Waals surface area contributed by atoms with Crippen molar-refractivity contribution in [1.29, 1.82) is 0 Å². The Bertz CT molecular complexity index is 720. The van der Waals surface area contributed by atoms with Gasteiger partial charge in [-0.2, -0.15) is 0 Å². The topological polar surface area (TPSA) is 61.8 Å². The molecule has 138 valence electrons. The van der Waals surface area contributed by atoms with Gasteiger partial charge in [-0.3, -0.25) is 4.99 Å². The fourth-order valence-electron chi connectivity index (χ4n) is 4.19. The molecule has 5 nitrogen and oxygen atoms in total. The van der Waals surface area contributed by atoms with Crippen molar-refractivity contribution >= 4 is 15.8 Å². The average Bonchev–Trinajstić information content (AvgIpc) is 2.99. The second-order valence-electron chi connectivity index (χ2n) is 7.55. The van der Waals surface area contributed by atoms with Gasteiger partial charge in [-0.25, -0.2) is 8.42 Å². The minimum Gasteiger partial charge on any atom is -0.352 e. The smallest absolute Gasteiger partial charge is 0.193 e. The van der Waals surface area contributed by atoms with Crippen molar-refractivity contribution in [3.63, 3.8) is 0 Å². The Kier molecular flexibility index (Phi) is 5.37. The van der Waals surface area contributed by atoms with Gasteiger partial charge >= 0.3 is 0 Å². The second-order valence-corrected chi connectivity index (χ2v) is 9.56. The van der Waals surface area contributed by atoms with Gasteiger partial charge in [0.1, 0.15) is 0 Å². The van der Waals surface area contributed by atoms with E-state index < -0.39 is 9.84 Å². The van der Waals surface area contributed by atoms with Crippen LogP contribution in [0.2, 0.25) is 0 Å². The lowest BCUT2D eigenvalue weighted by molar-refractivity contribution is 0.203. The Morgan fingerprint density at radius 1 is 1.16 bits per heavy atom. The standard InChI is InChI=1S/C19H29N3O2S/c1-20-18(22-13-12-19(15-22)10-4-3-5-11-19)21-14-16-6-8-17(9-7-16)25(2,23)24/h6-9H,3-5,10-15H2,1-2H3,(H,20,21). The van der Waals surface area contributed by atoms with Crippen LogP contribution in [0.3, 0.4) is 0 Å². The second kappa shape index (κ2) is 7.36. The van der Waals surface area contributed by atoms with E-state index in [1.54, 1.807) is 12.1 Å². The lowest BCUT2D eigenvalue weighted by Crippen LogP contribution is -2.41. The molecular weight excluding hydrogens is 334 g/mol. The molecule has 1 heterocycles. The number of guanidine groups is 1. The molecular formula is C19H29N3O2S. The molecule has 0 atom stereocenters. The molecule has 1 saturated heterocycles. The van der Waals surface area contributed by atoms with Gasteiger partial charge in [-0.15, -0.1) is 0 Å². The number of nitrogens with one attached hydrogen (secondary N) is 1. The highest BCUT2D eigenvalue weighted by Gasteiger charge is 2.39. The van der Waals surface area contributed by atoms with Crippen LogP contribution in [-0.4, -0.2) is 45.7 Å². The number of likely N-dealkylation sites (tertiary alicyclic amines) is 1. The molecule has 1 spiro atoms. The largest absolute Gasteiger partial charge is 0.352 e. The van der Waals surface area contributed by atoms with E-state index in [1.807, 2.05) is 19.2 Å². The highest BCUT2D eigenvalue weighted by molar-refractivity contribution is 7.90. The highest BCUT2D eigenvalue weighted by Crippen LogP contribution is 2.43. The molecule has 0 amide bonds. The quantitative estimate of drug-likeness (QED) is 0.663. The molecule has 25 heavy (non-hydrogen) atoms. The van der Waals surface area contributed by atoms with Crippen LogP contribution in [0.15, 0.2) is 34.2 Å². The summed E-state index contributed by atoms with van der Waals surface area (Å²) in [4.78, 5) is 7.20. The Labute approximate surface area is 151 Å². The summed E-state index contributed by atoms with van der Waals surface area (Å²) in [6.45, 7) is 2.84. The third-order valence-electron chi connectivity index (χ3n) is 5.67. The maximum atomic E-state index is 11.5. The van der Waals surface area contributed by atoms with E-state index in [-0.39, 0.29) is 0 Å². The van der Waals surface area contributed by atoms with Crippen molar-refractivity contribution in [2.24, 2.45) is 10.4 Å². The number of benzene rings is 1. The minimum absolute atomic E-state index is 0.361. The SMILES string of the molecule is CN=C(NCc1ccc(S(C)(=O)=O)cc1)N1CCC2(CCCCC2)C1. The Hall–Kier alpha value is -1.56. The van der Waals surface area contributed by atoms with Crippen LogP contribution >= 0.6 is 0 Å². The molecule has 1 N–H and O–H groups in total. The van der Waals surface area contributed by atoms with Crippen LogP contribution in [0.1, 0.15) is 44.1 Å². The van der Waals surface area contributed by atoms with Crippen molar-refractivity contribution < 1.29 is 8.42 Å². The molecule has 1 aromatic carbocycles. The molecule has 1 saturated carbocycles. The zero-order valence-corrected chi connectivity index (χ0v) is 16.1. The first-order valence-electron chi connectivity index (χ1n) is 9.17. The van der Waals surface area contributed by atoms with E-state index in [2.05, 4.69) is 15.2 Å². The summed E-state index contributed by atoms with van der Waals surface area (Å²) in [5, 5.41) is 3.43. The predicted octanol–water partition coefficient (Wildman–Crippen LogP) is 2.82. The molecule has 0 aromatic heterocycles. The molecule has 6 heteroatoms. The maximum absolute atomic E-state index is 11.5. The molecule has 1 aliphatic heterocycles. The molecule has 0 bridgehead atoms. The van der Waals surface area contributed by atoms with Gasteiger partial charge < -0.3 is 10.2 Å². The summed E-state index contributed by atoms with van der Waals surface area (Å²) in [5.74, 6) is 0.953. The highest BCUT2D eigenvalue weighted by atomic mass is 32.2. The Balaban J connectivity index is 1.58. The van der Waals surface area contributed by atoms with E-state index in [0.717, 1.165) is 24.6 Å². The third kappa shape index (κ3) is 4.35. The third-order valence-corrected chi connectivity index (χ3v) is 6.79. The van der Waals surface area contributed by atoms with Crippen LogP contribution in [0.25, 0.3) is 0 Å². The van der Waals surface area contributed by atoms with E-state index >= 15 is 0 Å². The van der Waals surface area contributed by atoms with Gasteiger partial charge in [-0.05, 0) is 42.4 Å². The summed E-state index contributed by atoms with van der Waals surface area (Å²) < 4.78 is 23.1. The van der Waals surface area contributed by atoms with E-state index in [4.69, 9.17) is 0 Å². The van der Waals surface area contributed by atoms with Crippen molar-refractivity contribution in [2.75, 3.05) is 26.4 Å². The number of rotatable bonds is 3. The van der Waals surface area contributed by atoms with Gasteiger partial charge in [0.15, 0.2) is 15.8 Å². The van der Waals surface area contributed by atoms with Crippen molar-refractivity contribution in [3.05, 3.63) is 29.8 Å². The lowest BCUT2D eigenvalue weighted by Gasteiger charge is -2.33. The fourth-order valence-corrected chi connectivity index (χ4v) is 4.82. The summed E-state index contributed by atoms with van der Waals surface area (Å²) >= 11 is 0. The normalized spacial score (nSPS) is 20.9. The summed E-state index contributed by atoms with van der Waals surface area (Å²) in [5.41, 5.74) is 1.56. The number of hydrogen-bond donors (Lipinski definition) is 1. The number of aliphatic imine (C=N–C) groups is 1. The lowest BCUT2D eigenvalue weighted by atomic mass is 9.73. The maximum Gasteiger partial charge on any atom is 0.193 e. The number of hydrogen-bond acceptors (Lipinski definition) is 3. The first kappa shape index (κ1) is 18.2. The fraction of sp³-hybridized carbons (Fsp3) is 0.632. The minimum atomic E-state index is -3.14. The number of nitrogens with zero attached hydrogens (tertiary/aromatic N) is 2. The molecule has 0 radical (unpaired) electrons. The monoisotopic (exact) mass is 363 g/mol. The van der Waals surface area contributed by atoms with Gasteiger partial charge in [0.2, 0.25) is 0 Å². The summed E-state index contributed by atoms with van der Waals surface area (Å²) in [6, 6.07) is 7.07. The number of sulfone groups is 1. The van der Waals surface area contributed by atoms with Crippen LogP contribution < -0.4 is 5.32 Å². The Morgan fingerprint density at radius 2 is 1.84 bits per heavy atom. The summed E-state index contributed by atoms with van der Waals surface area (Å²) in [7, 11) is -1.30. The molecule has 3 rings (SSSR count). The Morgan fingerprint density at radius 3 is 2.44 bits per heavy atom. The van der Waals surface area contributed by atoms with Gasteiger partial charge in [0, 0.05) is 32.9 Å². The molecule has 0 unspecified atom stereocenters. The zero-order chi connectivity index (χ0) is 17.9. The van der Waals surface area contributed by atoms with E-state index in [1.165, 1.54) is 44.8 Å². The predicted molar refractivity (Wildman–Crippen MR) is 101 cm³/mol. The van der Waals surface area contributed by atoms with Crippen molar-refractivity contribution in [3.8, 4) is 0 Å². The first-order valence-corrected chi connectivity index (χ1v) is 11.1. The van der Waals surface area contributed by atoms with Crippen LogP contribution in [0.4, 0.5) is 0 Å². The molecule has 2 aliphatic rings. The van der Waals surface area contributed by atoms with Gasteiger partial charge in [0.05, 0.1) is 4.90 Å². The summed E-state index contributed by atoms with van der Waals surface area (Å²) in [6.07, 6.45) is 9.34. The van der Waals surface area contributed by atoms with Crippen molar-refractivity contribution in [2.45, 2.75) is 50.0 Å². The van der Waals surface area contributed by atoms with E-state index in [9.17, 15) is 8.42 Å². The van der Waals surface area contributed by atoms with Gasteiger partial charge in [-0.1, -0.05) is 31.4 Å². The van der Waals surface area contributed by atoms with Gasteiger partial charge in [0.25, 0.3) is 0 Å². The van der Waals surface area contributed by atoms with Crippen molar-refractivity contribution in [1.82, 2.24) is 10.2 Å². The molecule has 1 aliphatic carbocycles. The zero-order valence-electron chi connectivity index (χ0n) is 15.3. The molecule has 2 fully saturated rings. The average molecular weight is 364 g/mol. The van der Waals surface area contributed by atoms with Crippen LogP contribution in [0.5, 0.6) is 0 Å².